The average molecular weight is 290 g/mol. The summed E-state index contributed by atoms with van der Waals surface area (Å²) in [6.07, 6.45) is 1.74. The van der Waals surface area contributed by atoms with Gasteiger partial charge < -0.3 is 15.6 Å². The highest BCUT2D eigenvalue weighted by Gasteiger charge is 2.47. The molecular formula is C11H13BrFNO2. The van der Waals surface area contributed by atoms with E-state index in [9.17, 15) is 9.50 Å². The molecule has 0 aromatic heterocycles. The van der Waals surface area contributed by atoms with Crippen LogP contribution in [0.3, 0.4) is 0 Å². The highest BCUT2D eigenvalue weighted by Crippen LogP contribution is 2.53. The first-order chi connectivity index (χ1) is 7.55. The van der Waals surface area contributed by atoms with E-state index < -0.39 is 5.82 Å². The maximum atomic E-state index is 13.8. The van der Waals surface area contributed by atoms with E-state index in [2.05, 4.69) is 15.9 Å². The Labute approximate surface area is 102 Å². The van der Waals surface area contributed by atoms with Gasteiger partial charge in [0.15, 0.2) is 11.5 Å². The number of benzene rings is 1. The lowest BCUT2D eigenvalue weighted by molar-refractivity contribution is 0.366. The highest BCUT2D eigenvalue weighted by atomic mass is 79.9. The third-order valence-electron chi connectivity index (χ3n) is 3.13. The van der Waals surface area contributed by atoms with Gasteiger partial charge in [-0.3, -0.25) is 0 Å². The van der Waals surface area contributed by atoms with Crippen molar-refractivity contribution in [3.05, 3.63) is 21.9 Å². The fourth-order valence-corrected chi connectivity index (χ4v) is 2.95. The minimum absolute atomic E-state index is 0.205. The van der Waals surface area contributed by atoms with E-state index in [-0.39, 0.29) is 16.9 Å². The van der Waals surface area contributed by atoms with Gasteiger partial charge in [0.05, 0.1) is 11.6 Å². The fourth-order valence-electron chi connectivity index (χ4n) is 1.98. The van der Waals surface area contributed by atoms with Crippen LogP contribution in [-0.2, 0) is 5.41 Å². The lowest BCUT2D eigenvalue weighted by Crippen LogP contribution is -2.21. The Kier molecular flexibility index (Phi) is 2.84. The highest BCUT2D eigenvalue weighted by molar-refractivity contribution is 9.10. The van der Waals surface area contributed by atoms with Crippen LogP contribution in [0.1, 0.15) is 18.4 Å². The standard InChI is InChI=1S/C11H13BrFNO2/c1-16-10-7(15)4-6(13)8(9(10)12)11(5-14)2-3-11/h4,15H,2-3,5,14H2,1H3. The lowest BCUT2D eigenvalue weighted by atomic mass is 9.95. The first-order valence-electron chi connectivity index (χ1n) is 5.01. The molecule has 1 aromatic rings. The average Bonchev–Trinajstić information content (AvgIpc) is 2.98. The minimum Gasteiger partial charge on any atom is -0.504 e. The van der Waals surface area contributed by atoms with Crippen molar-refractivity contribution >= 4 is 15.9 Å². The van der Waals surface area contributed by atoms with Gasteiger partial charge in [-0.15, -0.1) is 0 Å². The van der Waals surface area contributed by atoms with Crippen LogP contribution in [0.15, 0.2) is 10.5 Å². The van der Waals surface area contributed by atoms with E-state index in [0.717, 1.165) is 18.9 Å². The molecule has 0 saturated heterocycles. The second-order valence-electron chi connectivity index (χ2n) is 4.08. The Morgan fingerprint density at radius 1 is 1.62 bits per heavy atom. The smallest absolute Gasteiger partial charge is 0.175 e. The minimum atomic E-state index is -0.437. The normalized spacial score (nSPS) is 17.2. The van der Waals surface area contributed by atoms with Gasteiger partial charge in [0.2, 0.25) is 0 Å². The summed E-state index contributed by atoms with van der Waals surface area (Å²) in [6, 6.07) is 1.08. The maximum absolute atomic E-state index is 13.8. The Bertz CT molecular complexity index is 432. The third kappa shape index (κ3) is 1.58. The number of aromatic hydroxyl groups is 1. The molecule has 3 nitrogen and oxygen atoms in total. The molecule has 0 radical (unpaired) electrons. The van der Waals surface area contributed by atoms with Gasteiger partial charge in [-0.05, 0) is 28.8 Å². The van der Waals surface area contributed by atoms with Crippen LogP contribution in [0, 0.1) is 5.82 Å². The van der Waals surface area contributed by atoms with Gasteiger partial charge in [0, 0.05) is 23.6 Å². The van der Waals surface area contributed by atoms with E-state index >= 15 is 0 Å². The molecule has 1 aromatic carbocycles. The van der Waals surface area contributed by atoms with Crippen molar-refractivity contribution in [2.45, 2.75) is 18.3 Å². The van der Waals surface area contributed by atoms with Crippen LogP contribution in [0.25, 0.3) is 0 Å². The van der Waals surface area contributed by atoms with Crippen LogP contribution in [0.4, 0.5) is 4.39 Å². The SMILES string of the molecule is COc1c(O)cc(F)c(C2(CN)CC2)c1Br. The van der Waals surface area contributed by atoms with Crippen molar-refractivity contribution in [1.82, 2.24) is 0 Å². The molecule has 0 heterocycles. The van der Waals surface area contributed by atoms with Crippen molar-refractivity contribution in [2.24, 2.45) is 5.73 Å². The van der Waals surface area contributed by atoms with Crippen molar-refractivity contribution in [3.8, 4) is 11.5 Å². The van der Waals surface area contributed by atoms with Gasteiger partial charge in [0.1, 0.15) is 5.82 Å². The molecule has 1 aliphatic rings. The monoisotopic (exact) mass is 289 g/mol. The molecule has 88 valence electrons. The zero-order chi connectivity index (χ0) is 11.9. The maximum Gasteiger partial charge on any atom is 0.175 e. The fraction of sp³-hybridized carbons (Fsp3) is 0.455. The predicted octanol–water partition coefficient (Wildman–Crippen LogP) is 2.29. The molecule has 3 N–H and O–H groups in total. The molecule has 0 unspecified atom stereocenters. The van der Waals surface area contributed by atoms with Gasteiger partial charge in [-0.25, -0.2) is 4.39 Å². The number of hydrogen-bond donors (Lipinski definition) is 2. The Morgan fingerprint density at radius 2 is 2.25 bits per heavy atom. The molecule has 16 heavy (non-hydrogen) atoms. The van der Waals surface area contributed by atoms with E-state index in [1.807, 2.05) is 0 Å². The number of halogens is 2. The van der Waals surface area contributed by atoms with E-state index in [0.29, 0.717) is 16.6 Å². The summed E-state index contributed by atoms with van der Waals surface area (Å²) in [5, 5.41) is 9.53. The number of phenolic OH excluding ortho intramolecular Hbond substituents is 1. The van der Waals surface area contributed by atoms with Crippen molar-refractivity contribution in [2.75, 3.05) is 13.7 Å². The van der Waals surface area contributed by atoms with E-state index in [1.54, 1.807) is 0 Å². The summed E-state index contributed by atoms with van der Waals surface area (Å²) in [4.78, 5) is 0. The number of rotatable bonds is 3. The summed E-state index contributed by atoms with van der Waals surface area (Å²) in [5.74, 6) is -0.382. The van der Waals surface area contributed by atoms with Crippen LogP contribution >= 0.6 is 15.9 Å². The third-order valence-corrected chi connectivity index (χ3v) is 3.89. The van der Waals surface area contributed by atoms with E-state index in [4.69, 9.17) is 10.5 Å². The Hall–Kier alpha value is -0.810. The summed E-state index contributed by atoms with van der Waals surface area (Å²) in [6.45, 7) is 0.399. The molecule has 5 heteroatoms. The van der Waals surface area contributed by atoms with Gasteiger partial charge in [-0.1, -0.05) is 0 Å². The van der Waals surface area contributed by atoms with E-state index in [1.165, 1.54) is 7.11 Å². The summed E-state index contributed by atoms with van der Waals surface area (Å²) >= 11 is 3.28. The number of nitrogens with two attached hydrogens (primary N) is 1. The largest absolute Gasteiger partial charge is 0.504 e. The summed E-state index contributed by atoms with van der Waals surface area (Å²) in [7, 11) is 1.43. The first-order valence-corrected chi connectivity index (χ1v) is 5.80. The molecule has 1 aliphatic carbocycles. The van der Waals surface area contributed by atoms with Gasteiger partial charge >= 0.3 is 0 Å². The number of hydrogen-bond acceptors (Lipinski definition) is 3. The van der Waals surface area contributed by atoms with Crippen molar-refractivity contribution in [3.63, 3.8) is 0 Å². The molecule has 1 fully saturated rings. The lowest BCUT2D eigenvalue weighted by Gasteiger charge is -2.18. The van der Waals surface area contributed by atoms with Crippen LogP contribution in [0.5, 0.6) is 11.5 Å². The number of ether oxygens (including phenoxy) is 1. The zero-order valence-electron chi connectivity index (χ0n) is 8.89. The number of methoxy groups -OCH3 is 1. The molecule has 0 bridgehead atoms. The van der Waals surface area contributed by atoms with Crippen molar-refractivity contribution < 1.29 is 14.2 Å². The molecule has 0 amide bonds. The summed E-state index contributed by atoms with van der Waals surface area (Å²) in [5.41, 5.74) is 5.91. The molecule has 0 atom stereocenters. The topological polar surface area (TPSA) is 55.5 Å². The van der Waals surface area contributed by atoms with Crippen molar-refractivity contribution in [1.29, 1.82) is 0 Å². The van der Waals surface area contributed by atoms with Crippen LogP contribution in [0.2, 0.25) is 0 Å². The predicted molar refractivity (Wildman–Crippen MR) is 62.3 cm³/mol. The van der Waals surface area contributed by atoms with Gasteiger partial charge in [0.25, 0.3) is 0 Å². The number of phenols is 1. The van der Waals surface area contributed by atoms with Crippen LogP contribution < -0.4 is 10.5 Å². The molecule has 1 saturated carbocycles. The molecule has 0 aliphatic heterocycles. The molecule has 2 rings (SSSR count). The first kappa shape index (κ1) is 11.7. The van der Waals surface area contributed by atoms with Gasteiger partial charge in [-0.2, -0.15) is 0 Å². The zero-order valence-corrected chi connectivity index (χ0v) is 10.5. The Balaban J connectivity index is 2.61. The summed E-state index contributed by atoms with van der Waals surface area (Å²) < 4.78 is 19.4. The Morgan fingerprint density at radius 3 is 2.69 bits per heavy atom. The second kappa shape index (κ2) is 3.89. The molecular weight excluding hydrogens is 277 g/mol. The quantitative estimate of drug-likeness (QED) is 0.898. The molecule has 0 spiro atoms. The second-order valence-corrected chi connectivity index (χ2v) is 4.88. The van der Waals surface area contributed by atoms with Crippen LogP contribution in [-0.4, -0.2) is 18.8 Å².